The molecule has 5 heteroatoms. The van der Waals surface area contributed by atoms with Gasteiger partial charge >= 0.3 is 0 Å². The van der Waals surface area contributed by atoms with Crippen LogP contribution in [0.2, 0.25) is 0 Å². The summed E-state index contributed by atoms with van der Waals surface area (Å²) in [6, 6.07) is 0. The molecule has 0 amide bonds. The average Bonchev–Trinajstić information content (AvgIpc) is 2.05. The molecule has 10 heavy (non-hydrogen) atoms. The Morgan fingerprint density at radius 2 is 2.30 bits per heavy atom. The minimum atomic E-state index is -1.80. The minimum Gasteiger partial charge on any atom is -0.394 e. The summed E-state index contributed by atoms with van der Waals surface area (Å²) in [7, 11) is 0. The second-order valence-electron chi connectivity index (χ2n) is 2.30. The molecule has 0 aromatic heterocycles. The van der Waals surface area contributed by atoms with Crippen molar-refractivity contribution in [1.29, 1.82) is 0 Å². The van der Waals surface area contributed by atoms with Crippen molar-refractivity contribution in [1.82, 2.24) is 0 Å². The number of alkyl halides is 1. The van der Waals surface area contributed by atoms with E-state index in [0.717, 1.165) is 0 Å². The zero-order valence-electron chi connectivity index (χ0n) is 5.20. The Morgan fingerprint density at radius 1 is 1.70 bits per heavy atom. The van der Waals surface area contributed by atoms with E-state index in [9.17, 15) is 0 Å². The molecule has 0 spiro atoms. The summed E-state index contributed by atoms with van der Waals surface area (Å²) in [6.07, 6.45) is -1.71. The fourth-order valence-corrected chi connectivity index (χ4v) is 1.18. The molecule has 1 saturated heterocycles. The van der Waals surface area contributed by atoms with Crippen molar-refractivity contribution < 1.29 is 20.1 Å². The van der Waals surface area contributed by atoms with Crippen LogP contribution in [0.3, 0.4) is 0 Å². The molecule has 4 nitrogen and oxygen atoms in total. The van der Waals surface area contributed by atoms with Crippen LogP contribution >= 0.6 is 11.6 Å². The first-order valence-corrected chi connectivity index (χ1v) is 3.31. The van der Waals surface area contributed by atoms with Crippen molar-refractivity contribution in [2.45, 2.75) is 23.9 Å². The summed E-state index contributed by atoms with van der Waals surface area (Å²) in [4.78, 5) is 0. The summed E-state index contributed by atoms with van der Waals surface area (Å²) in [5.74, 6) is 0. The van der Waals surface area contributed by atoms with Crippen molar-refractivity contribution in [3.8, 4) is 0 Å². The molecular formula is C5H9ClO4. The van der Waals surface area contributed by atoms with E-state index in [-0.39, 0.29) is 13.0 Å². The first-order valence-electron chi connectivity index (χ1n) is 2.93. The standard InChI is InChI=1S/C5H9ClO4/c6-5(9)1-3(8)4(2-7)10-5/h3-4,7-9H,1-2H2/t3-,4+,5?/m1/s1. The number of hydrogen-bond donors (Lipinski definition) is 3. The van der Waals surface area contributed by atoms with Gasteiger partial charge in [-0.1, -0.05) is 11.6 Å². The van der Waals surface area contributed by atoms with E-state index in [1.165, 1.54) is 0 Å². The Balaban J connectivity index is 2.52. The lowest BCUT2D eigenvalue weighted by Crippen LogP contribution is -2.25. The molecule has 3 atom stereocenters. The maximum atomic E-state index is 9.00. The molecule has 0 aromatic carbocycles. The molecule has 1 heterocycles. The third kappa shape index (κ3) is 1.59. The van der Waals surface area contributed by atoms with Crippen LogP contribution in [0.1, 0.15) is 6.42 Å². The highest BCUT2D eigenvalue weighted by atomic mass is 35.5. The van der Waals surface area contributed by atoms with Crippen LogP contribution in [-0.4, -0.2) is 39.4 Å². The molecule has 0 aromatic rings. The molecule has 60 valence electrons. The van der Waals surface area contributed by atoms with Gasteiger partial charge in [-0.25, -0.2) is 0 Å². The predicted octanol–water partition coefficient (Wildman–Crippen LogP) is -0.987. The number of hydrogen-bond acceptors (Lipinski definition) is 4. The van der Waals surface area contributed by atoms with Gasteiger partial charge in [-0.05, 0) is 0 Å². The topological polar surface area (TPSA) is 69.9 Å². The number of ether oxygens (including phenoxy) is 1. The Morgan fingerprint density at radius 3 is 2.50 bits per heavy atom. The molecule has 0 saturated carbocycles. The van der Waals surface area contributed by atoms with Crippen molar-refractivity contribution in [3.63, 3.8) is 0 Å². The summed E-state index contributed by atoms with van der Waals surface area (Å²) >= 11 is 5.30. The smallest absolute Gasteiger partial charge is 0.248 e. The van der Waals surface area contributed by atoms with Crippen LogP contribution in [0.15, 0.2) is 0 Å². The summed E-state index contributed by atoms with van der Waals surface area (Å²) in [5.41, 5.74) is 0. The van der Waals surface area contributed by atoms with Gasteiger partial charge in [0.2, 0.25) is 5.25 Å². The lowest BCUT2D eigenvalue weighted by Gasteiger charge is -2.12. The molecule has 0 radical (unpaired) electrons. The normalized spacial score (nSPS) is 48.0. The van der Waals surface area contributed by atoms with Crippen molar-refractivity contribution in [3.05, 3.63) is 0 Å². The number of aliphatic hydroxyl groups is 3. The largest absolute Gasteiger partial charge is 0.394 e. The van der Waals surface area contributed by atoms with Gasteiger partial charge in [0.15, 0.2) is 0 Å². The maximum absolute atomic E-state index is 9.00. The molecular weight excluding hydrogens is 160 g/mol. The van der Waals surface area contributed by atoms with Crippen LogP contribution in [0.25, 0.3) is 0 Å². The lowest BCUT2D eigenvalue weighted by molar-refractivity contribution is -0.139. The van der Waals surface area contributed by atoms with Crippen LogP contribution in [0, 0.1) is 0 Å². The highest BCUT2D eigenvalue weighted by molar-refractivity contribution is 6.21. The van der Waals surface area contributed by atoms with Gasteiger partial charge in [0.25, 0.3) is 0 Å². The van der Waals surface area contributed by atoms with Gasteiger partial charge in [0, 0.05) is 6.42 Å². The molecule has 3 N–H and O–H groups in total. The van der Waals surface area contributed by atoms with Gasteiger partial charge in [-0.3, -0.25) is 0 Å². The Bertz CT molecular complexity index is 127. The highest BCUT2D eigenvalue weighted by Gasteiger charge is 2.42. The molecule has 1 fully saturated rings. The maximum Gasteiger partial charge on any atom is 0.248 e. The van der Waals surface area contributed by atoms with E-state index >= 15 is 0 Å². The van der Waals surface area contributed by atoms with E-state index in [1.807, 2.05) is 0 Å². The second kappa shape index (κ2) is 2.64. The third-order valence-corrected chi connectivity index (χ3v) is 1.65. The quantitative estimate of drug-likeness (QED) is 0.440. The van der Waals surface area contributed by atoms with Gasteiger partial charge in [-0.15, -0.1) is 0 Å². The van der Waals surface area contributed by atoms with Crippen LogP contribution in [0.5, 0.6) is 0 Å². The van der Waals surface area contributed by atoms with E-state index in [2.05, 4.69) is 4.74 Å². The van der Waals surface area contributed by atoms with Crippen LogP contribution < -0.4 is 0 Å². The average molecular weight is 169 g/mol. The SMILES string of the molecule is OC[C@@H]1OC(O)(Cl)C[C@H]1O. The predicted molar refractivity (Wildman–Crippen MR) is 33.4 cm³/mol. The van der Waals surface area contributed by atoms with Gasteiger partial charge in [-0.2, -0.15) is 0 Å². The van der Waals surface area contributed by atoms with E-state index in [0.29, 0.717) is 0 Å². The Labute approximate surface area is 63.0 Å². The molecule has 0 aliphatic carbocycles. The molecule has 1 aliphatic rings. The van der Waals surface area contributed by atoms with E-state index < -0.39 is 17.5 Å². The Hall–Kier alpha value is 0.130. The monoisotopic (exact) mass is 168 g/mol. The zero-order chi connectivity index (χ0) is 7.78. The number of aliphatic hydroxyl groups excluding tert-OH is 2. The highest BCUT2D eigenvalue weighted by Crippen LogP contribution is 2.31. The summed E-state index contributed by atoms with van der Waals surface area (Å²) in [6.45, 7) is -0.337. The Kier molecular flexibility index (Phi) is 2.17. The third-order valence-electron chi connectivity index (χ3n) is 1.40. The van der Waals surface area contributed by atoms with Gasteiger partial charge < -0.3 is 20.1 Å². The number of halogens is 1. The van der Waals surface area contributed by atoms with E-state index in [4.69, 9.17) is 26.9 Å². The molecule has 0 bridgehead atoms. The lowest BCUT2D eigenvalue weighted by atomic mass is 10.2. The van der Waals surface area contributed by atoms with Crippen molar-refractivity contribution in [2.24, 2.45) is 0 Å². The first kappa shape index (κ1) is 8.23. The summed E-state index contributed by atoms with van der Waals surface area (Å²) < 4.78 is 4.63. The zero-order valence-corrected chi connectivity index (χ0v) is 5.95. The van der Waals surface area contributed by atoms with Crippen LogP contribution in [-0.2, 0) is 4.74 Å². The molecule has 1 rings (SSSR count). The van der Waals surface area contributed by atoms with E-state index in [1.54, 1.807) is 0 Å². The number of rotatable bonds is 1. The fourth-order valence-electron chi connectivity index (χ4n) is 0.907. The van der Waals surface area contributed by atoms with Crippen LogP contribution in [0.4, 0.5) is 0 Å². The minimum absolute atomic E-state index is 0.0697. The van der Waals surface area contributed by atoms with Gasteiger partial charge in [0.1, 0.15) is 6.10 Å². The second-order valence-corrected chi connectivity index (χ2v) is 2.89. The fraction of sp³-hybridized carbons (Fsp3) is 1.00. The van der Waals surface area contributed by atoms with Crippen molar-refractivity contribution >= 4 is 11.6 Å². The summed E-state index contributed by atoms with van der Waals surface area (Å²) in [5, 5.41) is 24.6. The molecule has 1 unspecified atom stereocenters. The van der Waals surface area contributed by atoms with Gasteiger partial charge in [0.05, 0.1) is 12.7 Å². The molecule has 1 aliphatic heterocycles. The first-order chi connectivity index (χ1) is 4.55. The van der Waals surface area contributed by atoms with Crippen molar-refractivity contribution in [2.75, 3.05) is 6.61 Å².